The highest BCUT2D eigenvalue weighted by atomic mass is 16.3. The zero-order valence-electron chi connectivity index (χ0n) is 11.5. The maximum absolute atomic E-state index is 12.4. The number of rotatable bonds is 2. The summed E-state index contributed by atoms with van der Waals surface area (Å²) in [5, 5.41) is 10.7. The fourth-order valence-electron chi connectivity index (χ4n) is 2.81. The molecular formula is C16H18N2O2. The minimum absolute atomic E-state index is 0.0180. The third-order valence-corrected chi connectivity index (χ3v) is 4.03. The van der Waals surface area contributed by atoms with Gasteiger partial charge >= 0.3 is 0 Å². The first kappa shape index (κ1) is 12.9. The molecule has 1 saturated heterocycles. The van der Waals surface area contributed by atoms with Crippen LogP contribution in [0, 0.1) is 6.92 Å². The number of likely N-dealkylation sites (tertiary alicyclic amines) is 1. The maximum atomic E-state index is 12.4. The Morgan fingerprint density at radius 2 is 2.05 bits per heavy atom. The Morgan fingerprint density at radius 3 is 2.70 bits per heavy atom. The van der Waals surface area contributed by atoms with E-state index in [0.717, 1.165) is 11.3 Å². The third-order valence-electron chi connectivity index (χ3n) is 4.03. The molecule has 0 aliphatic carbocycles. The lowest BCUT2D eigenvalue weighted by Gasteiger charge is -2.24. The molecule has 1 amide bonds. The molecule has 3 rings (SSSR count). The number of nitrogens with zero attached hydrogens (tertiary/aromatic N) is 1. The van der Waals surface area contributed by atoms with Crippen LogP contribution < -0.4 is 0 Å². The Hall–Kier alpha value is -2.07. The number of aromatic amines is 1. The molecule has 1 aliphatic heterocycles. The Labute approximate surface area is 118 Å². The molecule has 0 unspecified atom stereocenters. The van der Waals surface area contributed by atoms with Gasteiger partial charge in [-0.3, -0.25) is 4.79 Å². The van der Waals surface area contributed by atoms with Crippen LogP contribution in [0.3, 0.4) is 0 Å². The molecule has 1 aromatic carbocycles. The van der Waals surface area contributed by atoms with Gasteiger partial charge in [-0.15, -0.1) is 0 Å². The second kappa shape index (κ2) is 4.80. The predicted octanol–water partition coefficient (Wildman–Crippen LogP) is 2.06. The van der Waals surface area contributed by atoms with Crippen molar-refractivity contribution >= 4 is 5.91 Å². The van der Waals surface area contributed by atoms with Crippen molar-refractivity contribution in [1.29, 1.82) is 0 Å². The number of carbonyl (C=O) groups is 1. The van der Waals surface area contributed by atoms with Crippen molar-refractivity contribution in [1.82, 2.24) is 9.88 Å². The van der Waals surface area contributed by atoms with Crippen LogP contribution in [-0.4, -0.2) is 34.0 Å². The van der Waals surface area contributed by atoms with E-state index in [-0.39, 0.29) is 5.91 Å². The molecule has 2 N–H and O–H groups in total. The van der Waals surface area contributed by atoms with E-state index in [1.807, 2.05) is 37.3 Å². The maximum Gasteiger partial charge on any atom is 0.255 e. The second-order valence-corrected chi connectivity index (χ2v) is 5.39. The van der Waals surface area contributed by atoms with E-state index >= 15 is 0 Å². The number of hydrogen-bond acceptors (Lipinski definition) is 2. The normalized spacial score (nSPS) is 22.2. The van der Waals surface area contributed by atoms with Crippen LogP contribution in [0.4, 0.5) is 0 Å². The molecule has 1 aliphatic rings. The van der Waals surface area contributed by atoms with Gasteiger partial charge in [-0.1, -0.05) is 30.3 Å². The van der Waals surface area contributed by atoms with Crippen LogP contribution >= 0.6 is 0 Å². The molecule has 2 heterocycles. The molecule has 20 heavy (non-hydrogen) atoms. The number of aliphatic hydroxyl groups is 1. The van der Waals surface area contributed by atoms with Crippen LogP contribution in [0.15, 0.2) is 42.6 Å². The number of H-pyrrole nitrogens is 1. The highest BCUT2D eigenvalue weighted by Crippen LogP contribution is 2.32. The smallest absolute Gasteiger partial charge is 0.255 e. The van der Waals surface area contributed by atoms with Crippen LogP contribution in [0.5, 0.6) is 0 Å². The molecular weight excluding hydrogens is 252 g/mol. The van der Waals surface area contributed by atoms with Gasteiger partial charge in [0, 0.05) is 18.4 Å². The monoisotopic (exact) mass is 270 g/mol. The zero-order valence-corrected chi connectivity index (χ0v) is 11.5. The molecule has 1 fully saturated rings. The summed E-state index contributed by atoms with van der Waals surface area (Å²) in [4.78, 5) is 17.2. The molecule has 104 valence electrons. The summed E-state index contributed by atoms with van der Waals surface area (Å²) < 4.78 is 0. The molecule has 0 spiro atoms. The van der Waals surface area contributed by atoms with E-state index in [0.29, 0.717) is 25.1 Å². The van der Waals surface area contributed by atoms with Gasteiger partial charge in [-0.2, -0.15) is 0 Å². The fraction of sp³-hybridized carbons (Fsp3) is 0.312. The van der Waals surface area contributed by atoms with Gasteiger partial charge in [0.25, 0.3) is 5.91 Å². The average molecular weight is 270 g/mol. The van der Waals surface area contributed by atoms with Crippen molar-refractivity contribution in [3.63, 3.8) is 0 Å². The third kappa shape index (κ3) is 2.12. The summed E-state index contributed by atoms with van der Waals surface area (Å²) >= 11 is 0. The van der Waals surface area contributed by atoms with Crippen molar-refractivity contribution in [2.45, 2.75) is 18.9 Å². The van der Waals surface area contributed by atoms with E-state index in [2.05, 4.69) is 4.98 Å². The quantitative estimate of drug-likeness (QED) is 0.877. The van der Waals surface area contributed by atoms with E-state index in [9.17, 15) is 9.90 Å². The van der Waals surface area contributed by atoms with Crippen molar-refractivity contribution in [2.75, 3.05) is 13.1 Å². The number of hydrogen-bond donors (Lipinski definition) is 2. The molecule has 2 aromatic rings. The van der Waals surface area contributed by atoms with Crippen LogP contribution in [-0.2, 0) is 5.60 Å². The lowest BCUT2D eigenvalue weighted by Crippen LogP contribution is -2.34. The first-order valence-corrected chi connectivity index (χ1v) is 6.81. The minimum Gasteiger partial charge on any atom is -0.383 e. The van der Waals surface area contributed by atoms with Gasteiger partial charge in [0.2, 0.25) is 0 Å². The van der Waals surface area contributed by atoms with Crippen LogP contribution in [0.25, 0.3) is 0 Å². The fourth-order valence-corrected chi connectivity index (χ4v) is 2.81. The Kier molecular flexibility index (Phi) is 3.10. The highest BCUT2D eigenvalue weighted by Gasteiger charge is 2.39. The van der Waals surface area contributed by atoms with Crippen molar-refractivity contribution in [3.05, 3.63) is 59.4 Å². The SMILES string of the molecule is Cc1[nH]ccc1C(=O)N1CC[C@@](O)(c2ccccc2)C1. The standard InChI is InChI=1S/C16H18N2O2/c1-12-14(7-9-17-12)15(19)18-10-8-16(20,11-18)13-5-3-2-4-6-13/h2-7,9,17,20H,8,10-11H2,1H3/t16-/m0/s1. The largest absolute Gasteiger partial charge is 0.383 e. The summed E-state index contributed by atoms with van der Waals surface area (Å²) in [5.41, 5.74) is 1.50. The van der Waals surface area contributed by atoms with Gasteiger partial charge < -0.3 is 15.0 Å². The zero-order chi connectivity index (χ0) is 14.2. The first-order chi connectivity index (χ1) is 9.60. The summed E-state index contributed by atoms with van der Waals surface area (Å²) in [5.74, 6) is -0.0180. The number of β-amino-alcohol motifs (C(OH)–C–C–N with tert-alkyl or cyclic N) is 1. The Balaban J connectivity index is 1.80. The number of benzene rings is 1. The van der Waals surface area contributed by atoms with Gasteiger partial charge in [-0.05, 0) is 25.0 Å². The second-order valence-electron chi connectivity index (χ2n) is 5.39. The summed E-state index contributed by atoms with van der Waals surface area (Å²) in [6.07, 6.45) is 2.34. The predicted molar refractivity (Wildman–Crippen MR) is 76.4 cm³/mol. The van der Waals surface area contributed by atoms with Crippen molar-refractivity contribution < 1.29 is 9.90 Å². The van der Waals surface area contributed by atoms with Crippen LogP contribution in [0.2, 0.25) is 0 Å². The number of amides is 1. The molecule has 4 heteroatoms. The first-order valence-electron chi connectivity index (χ1n) is 6.81. The summed E-state index contributed by atoms with van der Waals surface area (Å²) in [6.45, 7) is 2.81. The van der Waals surface area contributed by atoms with Gasteiger partial charge in [0.05, 0.1) is 12.1 Å². The number of aryl methyl sites for hydroxylation is 1. The van der Waals surface area contributed by atoms with Gasteiger partial charge in [0.15, 0.2) is 0 Å². The average Bonchev–Trinajstić information content (AvgIpc) is 3.06. The Bertz CT molecular complexity index is 620. The van der Waals surface area contributed by atoms with Gasteiger partial charge in [-0.25, -0.2) is 0 Å². The molecule has 1 aromatic heterocycles. The van der Waals surface area contributed by atoms with Crippen molar-refractivity contribution in [2.24, 2.45) is 0 Å². The topological polar surface area (TPSA) is 56.3 Å². The van der Waals surface area contributed by atoms with E-state index < -0.39 is 5.60 Å². The van der Waals surface area contributed by atoms with E-state index in [1.165, 1.54) is 0 Å². The molecule has 1 atom stereocenters. The highest BCUT2D eigenvalue weighted by molar-refractivity contribution is 5.95. The number of carbonyl (C=O) groups excluding carboxylic acids is 1. The lowest BCUT2D eigenvalue weighted by atomic mass is 9.93. The molecule has 0 bridgehead atoms. The van der Waals surface area contributed by atoms with Crippen molar-refractivity contribution in [3.8, 4) is 0 Å². The molecule has 0 saturated carbocycles. The molecule has 0 radical (unpaired) electrons. The van der Waals surface area contributed by atoms with Crippen LogP contribution in [0.1, 0.15) is 28.0 Å². The lowest BCUT2D eigenvalue weighted by molar-refractivity contribution is 0.0417. The van der Waals surface area contributed by atoms with E-state index in [1.54, 1.807) is 17.2 Å². The molecule has 4 nitrogen and oxygen atoms in total. The number of aromatic nitrogens is 1. The van der Waals surface area contributed by atoms with Gasteiger partial charge in [0.1, 0.15) is 5.60 Å². The van der Waals surface area contributed by atoms with E-state index in [4.69, 9.17) is 0 Å². The summed E-state index contributed by atoms with van der Waals surface area (Å²) in [7, 11) is 0. The number of nitrogens with one attached hydrogen (secondary N) is 1. The minimum atomic E-state index is -0.929. The summed E-state index contributed by atoms with van der Waals surface area (Å²) in [6, 6.07) is 11.4. The Morgan fingerprint density at radius 1 is 1.30 bits per heavy atom.